The van der Waals surface area contributed by atoms with Crippen LogP contribution in [0.3, 0.4) is 0 Å². The fraction of sp³-hybridized carbons (Fsp3) is 0.600. The van der Waals surface area contributed by atoms with Crippen molar-refractivity contribution < 1.29 is 15.1 Å². The lowest BCUT2D eigenvalue weighted by atomic mass is 9.79. The van der Waals surface area contributed by atoms with Gasteiger partial charge in [0.2, 0.25) is 0 Å². The van der Waals surface area contributed by atoms with E-state index < -0.39 is 6.09 Å². The van der Waals surface area contributed by atoms with E-state index in [0.29, 0.717) is 12.1 Å². The molecule has 1 aliphatic carbocycles. The number of hydrogen-bond donors (Lipinski definition) is 3. The van der Waals surface area contributed by atoms with Crippen molar-refractivity contribution in [1.82, 2.24) is 14.8 Å². The first-order chi connectivity index (χ1) is 15.5. The summed E-state index contributed by atoms with van der Waals surface area (Å²) >= 11 is 0. The standard InChI is InChI=1S/C25H36N4O3/c1-17(2)18-7-9-19(10-8-18)28-13-11-20(12-14-28)29-23-6-4-3-5-21(23)22(15-27-32)24(29)16-26-25(30)31/h3-6,15,17-20,26,32H,7-14,16H2,1-2H3,(H,30,31)/b27-15-. The molecule has 4 rings (SSSR count). The van der Waals surface area contributed by atoms with Crippen molar-refractivity contribution in [2.75, 3.05) is 13.1 Å². The molecule has 32 heavy (non-hydrogen) atoms. The maximum atomic E-state index is 11.2. The summed E-state index contributed by atoms with van der Waals surface area (Å²) in [5.74, 6) is 1.67. The Bertz CT molecular complexity index is 951. The summed E-state index contributed by atoms with van der Waals surface area (Å²) in [6.07, 6.45) is 7.77. The molecule has 2 heterocycles. The summed E-state index contributed by atoms with van der Waals surface area (Å²) in [5, 5.41) is 25.2. The molecule has 1 saturated carbocycles. The minimum Gasteiger partial charge on any atom is -0.465 e. The molecule has 7 nitrogen and oxygen atoms in total. The zero-order chi connectivity index (χ0) is 22.7. The van der Waals surface area contributed by atoms with E-state index in [1.807, 2.05) is 18.2 Å². The van der Waals surface area contributed by atoms with Crippen LogP contribution in [0.5, 0.6) is 0 Å². The monoisotopic (exact) mass is 440 g/mol. The number of benzene rings is 1. The van der Waals surface area contributed by atoms with Crippen LogP contribution in [0.2, 0.25) is 0 Å². The smallest absolute Gasteiger partial charge is 0.404 e. The van der Waals surface area contributed by atoms with Crippen LogP contribution in [0, 0.1) is 11.8 Å². The van der Waals surface area contributed by atoms with E-state index in [2.05, 4.69) is 39.9 Å². The van der Waals surface area contributed by atoms with Crippen LogP contribution in [0.4, 0.5) is 4.79 Å². The number of piperidine rings is 1. The van der Waals surface area contributed by atoms with Crippen molar-refractivity contribution in [3.8, 4) is 0 Å². The Balaban J connectivity index is 1.54. The van der Waals surface area contributed by atoms with Gasteiger partial charge in [0.25, 0.3) is 0 Å². The summed E-state index contributed by atoms with van der Waals surface area (Å²) in [7, 11) is 0. The molecule has 2 aliphatic rings. The first-order valence-corrected chi connectivity index (χ1v) is 12.0. The molecule has 3 N–H and O–H groups in total. The van der Waals surface area contributed by atoms with E-state index in [1.54, 1.807) is 0 Å². The Morgan fingerprint density at radius 2 is 1.81 bits per heavy atom. The molecule has 1 aliphatic heterocycles. The maximum absolute atomic E-state index is 11.2. The highest BCUT2D eigenvalue weighted by atomic mass is 16.4. The summed E-state index contributed by atoms with van der Waals surface area (Å²) in [6, 6.07) is 9.07. The van der Waals surface area contributed by atoms with Gasteiger partial charge in [-0.1, -0.05) is 37.2 Å². The Labute approximate surface area is 190 Å². The third-order valence-electron chi connectivity index (χ3n) is 7.71. The Hall–Kier alpha value is -2.54. The lowest BCUT2D eigenvalue weighted by Gasteiger charge is -2.42. The number of carbonyl (C=O) groups is 1. The van der Waals surface area contributed by atoms with E-state index in [4.69, 9.17) is 0 Å². The van der Waals surface area contributed by atoms with Crippen molar-refractivity contribution in [1.29, 1.82) is 0 Å². The number of amides is 1. The van der Waals surface area contributed by atoms with Gasteiger partial charge in [0.05, 0.1) is 12.8 Å². The average molecular weight is 441 g/mol. The first kappa shape index (κ1) is 22.6. The molecule has 1 saturated heterocycles. The molecule has 7 heteroatoms. The second-order valence-electron chi connectivity index (χ2n) is 9.73. The van der Waals surface area contributed by atoms with Gasteiger partial charge in [0.15, 0.2) is 0 Å². The molecule has 2 aromatic rings. The van der Waals surface area contributed by atoms with E-state index >= 15 is 0 Å². The number of oxime groups is 1. The Kier molecular flexibility index (Phi) is 7.04. The molecular formula is C25H36N4O3. The van der Waals surface area contributed by atoms with Gasteiger partial charge < -0.3 is 25.1 Å². The van der Waals surface area contributed by atoms with Crippen LogP contribution in [-0.4, -0.2) is 51.2 Å². The number of hydrogen-bond acceptors (Lipinski definition) is 4. The summed E-state index contributed by atoms with van der Waals surface area (Å²) < 4.78 is 2.29. The zero-order valence-corrected chi connectivity index (χ0v) is 19.2. The summed E-state index contributed by atoms with van der Waals surface area (Å²) in [4.78, 5) is 13.9. The normalized spacial score (nSPS) is 23.3. The SMILES string of the molecule is CC(C)C1CCC(N2CCC(n3c(CNC(=O)O)c(/C=N\O)c4ccccc43)CC2)CC1. The Morgan fingerprint density at radius 1 is 1.12 bits per heavy atom. The van der Waals surface area contributed by atoms with Crippen LogP contribution < -0.4 is 5.32 Å². The minimum absolute atomic E-state index is 0.185. The van der Waals surface area contributed by atoms with Crippen LogP contribution >= 0.6 is 0 Å². The van der Waals surface area contributed by atoms with E-state index in [1.165, 1.54) is 31.9 Å². The second-order valence-corrected chi connectivity index (χ2v) is 9.73. The summed E-state index contributed by atoms with van der Waals surface area (Å²) in [5.41, 5.74) is 2.72. The van der Waals surface area contributed by atoms with Crippen LogP contribution in [0.15, 0.2) is 29.4 Å². The molecule has 0 bridgehead atoms. The van der Waals surface area contributed by atoms with Crippen molar-refractivity contribution >= 4 is 23.2 Å². The highest BCUT2D eigenvalue weighted by Gasteiger charge is 2.31. The molecular weight excluding hydrogens is 404 g/mol. The van der Waals surface area contributed by atoms with Gasteiger partial charge in [-0.15, -0.1) is 0 Å². The van der Waals surface area contributed by atoms with Crippen molar-refractivity contribution in [2.24, 2.45) is 17.0 Å². The number of para-hydroxylation sites is 1. The molecule has 1 amide bonds. The molecule has 2 fully saturated rings. The lowest BCUT2D eigenvalue weighted by molar-refractivity contribution is 0.0889. The molecule has 0 radical (unpaired) electrons. The first-order valence-electron chi connectivity index (χ1n) is 12.0. The fourth-order valence-electron chi connectivity index (χ4n) is 5.94. The van der Waals surface area contributed by atoms with Crippen LogP contribution in [-0.2, 0) is 6.54 Å². The Morgan fingerprint density at radius 3 is 2.44 bits per heavy atom. The van der Waals surface area contributed by atoms with Gasteiger partial charge in [-0.25, -0.2) is 4.79 Å². The highest BCUT2D eigenvalue weighted by molar-refractivity contribution is 6.01. The number of nitrogens with one attached hydrogen (secondary N) is 1. The van der Waals surface area contributed by atoms with Crippen LogP contribution in [0.25, 0.3) is 10.9 Å². The van der Waals surface area contributed by atoms with E-state index in [-0.39, 0.29) is 6.54 Å². The fourth-order valence-corrected chi connectivity index (χ4v) is 5.94. The number of nitrogens with zero attached hydrogens (tertiary/aromatic N) is 3. The molecule has 0 atom stereocenters. The summed E-state index contributed by atoms with van der Waals surface area (Å²) in [6.45, 7) is 7.03. The number of likely N-dealkylation sites (tertiary alicyclic amines) is 1. The van der Waals surface area contributed by atoms with Crippen molar-refractivity contribution in [3.05, 3.63) is 35.5 Å². The third kappa shape index (κ3) is 4.63. The van der Waals surface area contributed by atoms with Gasteiger partial charge in [0, 0.05) is 47.3 Å². The molecule has 1 aromatic heterocycles. The second kappa shape index (κ2) is 9.94. The van der Waals surface area contributed by atoms with Crippen molar-refractivity contribution in [2.45, 2.75) is 71.0 Å². The minimum atomic E-state index is -1.06. The van der Waals surface area contributed by atoms with Gasteiger partial charge in [-0.05, 0) is 56.4 Å². The quantitative estimate of drug-likeness (QED) is 0.332. The van der Waals surface area contributed by atoms with Crippen molar-refractivity contribution in [3.63, 3.8) is 0 Å². The molecule has 0 spiro atoms. The average Bonchev–Trinajstić information content (AvgIpc) is 3.11. The number of fused-ring (bicyclic) bond motifs is 1. The lowest BCUT2D eigenvalue weighted by Crippen LogP contribution is -2.44. The molecule has 1 aromatic carbocycles. The molecule has 0 unspecified atom stereocenters. The highest BCUT2D eigenvalue weighted by Crippen LogP contribution is 2.37. The number of aromatic nitrogens is 1. The predicted octanol–water partition coefficient (Wildman–Crippen LogP) is 5.07. The predicted molar refractivity (Wildman–Crippen MR) is 127 cm³/mol. The van der Waals surface area contributed by atoms with Gasteiger partial charge >= 0.3 is 6.09 Å². The van der Waals surface area contributed by atoms with E-state index in [0.717, 1.165) is 59.9 Å². The van der Waals surface area contributed by atoms with Gasteiger partial charge in [-0.2, -0.15) is 0 Å². The molecule has 174 valence electrons. The zero-order valence-electron chi connectivity index (χ0n) is 19.2. The largest absolute Gasteiger partial charge is 0.465 e. The van der Waals surface area contributed by atoms with Crippen LogP contribution in [0.1, 0.15) is 69.7 Å². The third-order valence-corrected chi connectivity index (χ3v) is 7.71. The topological polar surface area (TPSA) is 90.1 Å². The van der Waals surface area contributed by atoms with Gasteiger partial charge in [-0.3, -0.25) is 0 Å². The maximum Gasteiger partial charge on any atom is 0.404 e. The van der Waals surface area contributed by atoms with Gasteiger partial charge in [0.1, 0.15) is 0 Å². The number of rotatable bonds is 6. The number of carboxylic acid groups (broad SMARTS) is 1. The van der Waals surface area contributed by atoms with E-state index in [9.17, 15) is 15.1 Å².